The highest BCUT2D eigenvalue weighted by molar-refractivity contribution is 6.30. The van der Waals surface area contributed by atoms with Crippen molar-refractivity contribution in [3.63, 3.8) is 0 Å². The summed E-state index contributed by atoms with van der Waals surface area (Å²) in [4.78, 5) is 4.27. The van der Waals surface area contributed by atoms with Gasteiger partial charge in [0.15, 0.2) is 0 Å². The first-order valence-corrected chi connectivity index (χ1v) is 7.19. The molecule has 0 spiro atoms. The van der Waals surface area contributed by atoms with Gasteiger partial charge < -0.3 is 14.6 Å². The third-order valence-electron chi connectivity index (χ3n) is 3.17. The molecular formula is C16H13ClFN3O2. The molecule has 0 aliphatic rings. The molecule has 23 heavy (non-hydrogen) atoms. The number of aromatic nitrogens is 2. The van der Waals surface area contributed by atoms with Crippen molar-refractivity contribution in [2.45, 2.75) is 6.54 Å². The standard InChI is InChI=1S/C16H13ClFN3O2/c1-22-12-5-2-10(3-6-12)16-20-15(23-21-16)9-19-14-8-11(17)4-7-13(14)18/h2-8,19H,9H2,1H3. The third kappa shape index (κ3) is 3.60. The van der Waals surface area contributed by atoms with Gasteiger partial charge in [0.25, 0.3) is 0 Å². The van der Waals surface area contributed by atoms with Gasteiger partial charge in [0.05, 0.1) is 19.3 Å². The third-order valence-corrected chi connectivity index (χ3v) is 3.41. The molecule has 0 bridgehead atoms. The van der Waals surface area contributed by atoms with Crippen LogP contribution in [0.2, 0.25) is 5.02 Å². The number of ether oxygens (including phenoxy) is 1. The van der Waals surface area contributed by atoms with E-state index >= 15 is 0 Å². The number of nitrogens with one attached hydrogen (secondary N) is 1. The zero-order valence-electron chi connectivity index (χ0n) is 12.2. The van der Waals surface area contributed by atoms with Crippen LogP contribution in [0.1, 0.15) is 5.89 Å². The second-order valence-corrected chi connectivity index (χ2v) is 5.15. The summed E-state index contributed by atoms with van der Waals surface area (Å²) >= 11 is 5.84. The number of methoxy groups -OCH3 is 1. The maximum atomic E-state index is 13.6. The minimum Gasteiger partial charge on any atom is -0.497 e. The molecule has 7 heteroatoms. The zero-order valence-corrected chi connectivity index (χ0v) is 13.0. The molecule has 1 heterocycles. The monoisotopic (exact) mass is 333 g/mol. The topological polar surface area (TPSA) is 60.2 Å². The van der Waals surface area contributed by atoms with Crippen LogP contribution < -0.4 is 10.1 Å². The number of hydrogen-bond donors (Lipinski definition) is 1. The van der Waals surface area contributed by atoms with E-state index in [1.54, 1.807) is 7.11 Å². The van der Waals surface area contributed by atoms with Crippen LogP contribution in [0.15, 0.2) is 47.0 Å². The van der Waals surface area contributed by atoms with Gasteiger partial charge in [-0.25, -0.2) is 4.39 Å². The van der Waals surface area contributed by atoms with E-state index in [-0.39, 0.29) is 12.2 Å². The molecule has 5 nitrogen and oxygen atoms in total. The van der Waals surface area contributed by atoms with Crippen molar-refractivity contribution < 1.29 is 13.7 Å². The lowest BCUT2D eigenvalue weighted by Gasteiger charge is -2.04. The highest BCUT2D eigenvalue weighted by Crippen LogP contribution is 2.22. The van der Waals surface area contributed by atoms with Crippen molar-refractivity contribution in [3.8, 4) is 17.1 Å². The fourth-order valence-electron chi connectivity index (χ4n) is 1.99. The largest absolute Gasteiger partial charge is 0.497 e. The number of rotatable bonds is 5. The summed E-state index contributed by atoms with van der Waals surface area (Å²) in [5.41, 5.74) is 1.08. The van der Waals surface area contributed by atoms with Gasteiger partial charge in [-0.3, -0.25) is 0 Å². The number of benzene rings is 2. The average Bonchev–Trinajstić information content (AvgIpc) is 3.05. The lowest BCUT2D eigenvalue weighted by molar-refractivity contribution is 0.384. The maximum absolute atomic E-state index is 13.6. The fraction of sp³-hybridized carbons (Fsp3) is 0.125. The summed E-state index contributed by atoms with van der Waals surface area (Å²) < 4.78 is 23.9. The summed E-state index contributed by atoms with van der Waals surface area (Å²) in [7, 11) is 1.60. The Bertz CT molecular complexity index is 805. The second kappa shape index (κ2) is 6.66. The Morgan fingerprint density at radius 2 is 2.00 bits per heavy atom. The van der Waals surface area contributed by atoms with Crippen LogP contribution in [0.3, 0.4) is 0 Å². The van der Waals surface area contributed by atoms with Gasteiger partial charge in [-0.05, 0) is 42.5 Å². The summed E-state index contributed by atoms with van der Waals surface area (Å²) in [6.45, 7) is 0.195. The highest BCUT2D eigenvalue weighted by atomic mass is 35.5. The van der Waals surface area contributed by atoms with Gasteiger partial charge in [0.2, 0.25) is 11.7 Å². The second-order valence-electron chi connectivity index (χ2n) is 4.72. The first-order valence-electron chi connectivity index (χ1n) is 6.81. The van der Waals surface area contributed by atoms with Crippen molar-refractivity contribution >= 4 is 17.3 Å². The summed E-state index contributed by atoms with van der Waals surface area (Å²) in [6, 6.07) is 11.6. The van der Waals surface area contributed by atoms with Crippen molar-refractivity contribution in [1.29, 1.82) is 0 Å². The Balaban J connectivity index is 1.70. The van der Waals surface area contributed by atoms with Crippen molar-refractivity contribution in [3.05, 3.63) is 59.2 Å². The van der Waals surface area contributed by atoms with E-state index in [9.17, 15) is 4.39 Å². The van der Waals surface area contributed by atoms with Gasteiger partial charge in [-0.15, -0.1) is 0 Å². The van der Waals surface area contributed by atoms with Crippen LogP contribution in [-0.2, 0) is 6.54 Å². The maximum Gasteiger partial charge on any atom is 0.246 e. The smallest absolute Gasteiger partial charge is 0.246 e. The number of hydrogen-bond acceptors (Lipinski definition) is 5. The molecule has 0 atom stereocenters. The van der Waals surface area contributed by atoms with Crippen LogP contribution in [0.4, 0.5) is 10.1 Å². The Labute approximate surface area is 137 Å². The van der Waals surface area contributed by atoms with Crippen LogP contribution >= 0.6 is 11.6 Å². The minimum atomic E-state index is -0.399. The first kappa shape index (κ1) is 15.3. The van der Waals surface area contributed by atoms with Crippen molar-refractivity contribution in [2.24, 2.45) is 0 Å². The molecule has 0 saturated carbocycles. The summed E-state index contributed by atoms with van der Waals surface area (Å²) in [5.74, 6) is 1.14. The molecule has 0 unspecified atom stereocenters. The van der Waals surface area contributed by atoms with E-state index in [0.29, 0.717) is 16.7 Å². The van der Waals surface area contributed by atoms with Gasteiger partial charge in [0.1, 0.15) is 11.6 Å². The van der Waals surface area contributed by atoms with Gasteiger partial charge in [-0.2, -0.15) is 4.98 Å². The number of anilines is 1. The summed E-state index contributed by atoms with van der Waals surface area (Å²) in [5, 5.41) is 7.23. The molecule has 0 amide bonds. The van der Waals surface area contributed by atoms with Gasteiger partial charge >= 0.3 is 0 Å². The van der Waals surface area contributed by atoms with E-state index in [2.05, 4.69) is 15.5 Å². The Hall–Kier alpha value is -2.60. The van der Waals surface area contributed by atoms with Crippen LogP contribution in [0, 0.1) is 5.82 Å². The van der Waals surface area contributed by atoms with Crippen LogP contribution in [-0.4, -0.2) is 17.3 Å². The number of nitrogens with zero attached hydrogens (tertiary/aromatic N) is 2. The number of halogens is 2. The predicted octanol–water partition coefficient (Wildman–Crippen LogP) is 4.15. The normalized spacial score (nSPS) is 10.6. The van der Waals surface area contributed by atoms with E-state index < -0.39 is 5.82 Å². The molecule has 0 saturated heterocycles. The molecule has 0 fully saturated rings. The Morgan fingerprint density at radius 3 is 2.74 bits per heavy atom. The Morgan fingerprint density at radius 1 is 1.22 bits per heavy atom. The minimum absolute atomic E-state index is 0.195. The lowest BCUT2D eigenvalue weighted by atomic mass is 10.2. The lowest BCUT2D eigenvalue weighted by Crippen LogP contribution is -2.01. The van der Waals surface area contributed by atoms with E-state index in [4.69, 9.17) is 20.9 Å². The molecule has 0 radical (unpaired) electrons. The van der Waals surface area contributed by atoms with E-state index in [1.807, 2.05) is 24.3 Å². The first-order chi connectivity index (χ1) is 11.2. The zero-order chi connectivity index (χ0) is 16.2. The van der Waals surface area contributed by atoms with Crippen molar-refractivity contribution in [1.82, 2.24) is 10.1 Å². The molecule has 3 rings (SSSR count). The summed E-state index contributed by atoms with van der Waals surface area (Å²) in [6.07, 6.45) is 0. The quantitative estimate of drug-likeness (QED) is 0.760. The van der Waals surface area contributed by atoms with E-state index in [0.717, 1.165) is 11.3 Å². The SMILES string of the molecule is COc1ccc(-c2noc(CNc3cc(Cl)ccc3F)n2)cc1. The molecule has 0 aliphatic heterocycles. The molecule has 1 N–H and O–H groups in total. The molecule has 0 aliphatic carbocycles. The molecular weight excluding hydrogens is 321 g/mol. The average molecular weight is 334 g/mol. The molecule has 3 aromatic rings. The fourth-order valence-corrected chi connectivity index (χ4v) is 2.16. The Kier molecular flexibility index (Phi) is 4.43. The highest BCUT2D eigenvalue weighted by Gasteiger charge is 2.10. The van der Waals surface area contributed by atoms with Gasteiger partial charge in [0, 0.05) is 10.6 Å². The van der Waals surface area contributed by atoms with E-state index in [1.165, 1.54) is 18.2 Å². The molecule has 118 valence electrons. The van der Waals surface area contributed by atoms with Crippen molar-refractivity contribution in [2.75, 3.05) is 12.4 Å². The van der Waals surface area contributed by atoms with Crippen LogP contribution in [0.5, 0.6) is 5.75 Å². The molecule has 2 aromatic carbocycles. The molecule has 1 aromatic heterocycles. The van der Waals surface area contributed by atoms with Crippen LogP contribution in [0.25, 0.3) is 11.4 Å². The predicted molar refractivity (Wildman–Crippen MR) is 85.0 cm³/mol. The van der Waals surface area contributed by atoms with Gasteiger partial charge in [-0.1, -0.05) is 16.8 Å².